The first kappa shape index (κ1) is 18.9. The van der Waals surface area contributed by atoms with Crippen LogP contribution in [-0.4, -0.2) is 42.1 Å². The molecule has 3 heterocycles. The molecule has 0 bridgehead atoms. The number of pyridine rings is 2. The van der Waals surface area contributed by atoms with Crippen molar-refractivity contribution in [2.75, 3.05) is 41.3 Å². The summed E-state index contributed by atoms with van der Waals surface area (Å²) in [7, 11) is 0. The summed E-state index contributed by atoms with van der Waals surface area (Å²) >= 11 is 0. The third-order valence-corrected chi connectivity index (χ3v) is 5.32. The maximum Gasteiger partial charge on any atom is 0.257 e. The quantitative estimate of drug-likeness (QED) is 0.740. The van der Waals surface area contributed by atoms with Gasteiger partial charge in [-0.1, -0.05) is 24.3 Å². The van der Waals surface area contributed by atoms with Crippen LogP contribution in [0.25, 0.3) is 0 Å². The molecule has 0 unspecified atom stereocenters. The topological polar surface area (TPSA) is 61.4 Å². The summed E-state index contributed by atoms with van der Waals surface area (Å²) in [5.74, 6) is 0.871. The fourth-order valence-electron chi connectivity index (χ4n) is 3.66. The lowest BCUT2D eigenvalue weighted by atomic mass is 10.1. The lowest BCUT2D eigenvalue weighted by molar-refractivity contribution is 0.102. The monoisotopic (exact) mass is 387 g/mol. The minimum Gasteiger partial charge on any atom is -0.367 e. The van der Waals surface area contributed by atoms with E-state index in [1.165, 1.54) is 0 Å². The van der Waals surface area contributed by atoms with Crippen LogP contribution in [-0.2, 0) is 0 Å². The van der Waals surface area contributed by atoms with E-state index in [2.05, 4.69) is 25.1 Å². The summed E-state index contributed by atoms with van der Waals surface area (Å²) in [5.41, 5.74) is 4.50. The molecule has 0 atom stereocenters. The number of para-hydroxylation sites is 1. The molecule has 1 saturated heterocycles. The second kappa shape index (κ2) is 8.31. The van der Waals surface area contributed by atoms with Crippen molar-refractivity contribution in [2.24, 2.45) is 0 Å². The van der Waals surface area contributed by atoms with Crippen molar-refractivity contribution in [3.63, 3.8) is 0 Å². The van der Waals surface area contributed by atoms with Gasteiger partial charge in [0.1, 0.15) is 5.82 Å². The van der Waals surface area contributed by atoms with Crippen LogP contribution in [0.15, 0.2) is 61.1 Å². The van der Waals surface area contributed by atoms with Gasteiger partial charge in [0.2, 0.25) is 0 Å². The SMILES string of the molecule is Cc1cccc(C)c1NC(=O)c1cncc(N2CCN(c3ccccn3)CC2)c1. The number of carbonyl (C=O) groups excluding carboxylic acids is 1. The lowest BCUT2D eigenvalue weighted by Crippen LogP contribution is -2.46. The van der Waals surface area contributed by atoms with E-state index in [-0.39, 0.29) is 5.91 Å². The number of benzene rings is 1. The van der Waals surface area contributed by atoms with Crippen molar-refractivity contribution < 1.29 is 4.79 Å². The number of piperazine rings is 1. The van der Waals surface area contributed by atoms with Crippen LogP contribution in [0.1, 0.15) is 21.5 Å². The number of rotatable bonds is 4. The zero-order chi connectivity index (χ0) is 20.2. The number of nitrogens with zero attached hydrogens (tertiary/aromatic N) is 4. The van der Waals surface area contributed by atoms with Gasteiger partial charge < -0.3 is 15.1 Å². The van der Waals surface area contributed by atoms with Gasteiger partial charge in [-0.3, -0.25) is 9.78 Å². The maximum atomic E-state index is 12.8. The first-order chi connectivity index (χ1) is 14.1. The van der Waals surface area contributed by atoms with Crippen molar-refractivity contribution in [1.82, 2.24) is 9.97 Å². The van der Waals surface area contributed by atoms with Crippen LogP contribution < -0.4 is 15.1 Å². The Balaban J connectivity index is 1.44. The molecule has 0 aliphatic carbocycles. The molecule has 6 heteroatoms. The molecule has 1 aliphatic rings. The van der Waals surface area contributed by atoms with Gasteiger partial charge in [0.05, 0.1) is 17.4 Å². The zero-order valence-electron chi connectivity index (χ0n) is 16.8. The molecule has 4 rings (SSSR count). The van der Waals surface area contributed by atoms with E-state index in [1.54, 1.807) is 6.20 Å². The van der Waals surface area contributed by atoms with Gasteiger partial charge in [-0.05, 0) is 43.2 Å². The van der Waals surface area contributed by atoms with Gasteiger partial charge in [-0.15, -0.1) is 0 Å². The number of aromatic nitrogens is 2. The summed E-state index contributed by atoms with van der Waals surface area (Å²) in [6.07, 6.45) is 5.27. The van der Waals surface area contributed by atoms with Gasteiger partial charge in [-0.2, -0.15) is 0 Å². The molecule has 1 aliphatic heterocycles. The third kappa shape index (κ3) is 4.21. The normalized spacial score (nSPS) is 14.0. The molecule has 1 fully saturated rings. The first-order valence-corrected chi connectivity index (χ1v) is 9.85. The summed E-state index contributed by atoms with van der Waals surface area (Å²) in [6.45, 7) is 7.49. The lowest BCUT2D eigenvalue weighted by Gasteiger charge is -2.36. The minimum absolute atomic E-state index is 0.135. The molecule has 0 spiro atoms. The van der Waals surface area contributed by atoms with Crippen molar-refractivity contribution in [3.8, 4) is 0 Å². The van der Waals surface area contributed by atoms with Crippen LogP contribution >= 0.6 is 0 Å². The van der Waals surface area contributed by atoms with Crippen LogP contribution in [0.4, 0.5) is 17.2 Å². The smallest absolute Gasteiger partial charge is 0.257 e. The summed E-state index contributed by atoms with van der Waals surface area (Å²) < 4.78 is 0. The van der Waals surface area contributed by atoms with Crippen LogP contribution in [0.5, 0.6) is 0 Å². The average Bonchev–Trinajstić information content (AvgIpc) is 2.77. The summed E-state index contributed by atoms with van der Waals surface area (Å²) in [5, 5.41) is 3.04. The predicted molar refractivity (Wildman–Crippen MR) is 117 cm³/mol. The molecular weight excluding hydrogens is 362 g/mol. The molecule has 6 nitrogen and oxygen atoms in total. The molecule has 148 valence electrons. The number of nitrogens with one attached hydrogen (secondary N) is 1. The van der Waals surface area contributed by atoms with E-state index in [1.807, 2.05) is 68.7 Å². The molecule has 1 N–H and O–H groups in total. The largest absolute Gasteiger partial charge is 0.367 e. The van der Waals surface area contributed by atoms with E-state index in [0.717, 1.165) is 54.5 Å². The van der Waals surface area contributed by atoms with Crippen LogP contribution in [0.3, 0.4) is 0 Å². The van der Waals surface area contributed by atoms with E-state index in [9.17, 15) is 4.79 Å². The van der Waals surface area contributed by atoms with E-state index < -0.39 is 0 Å². The summed E-state index contributed by atoms with van der Waals surface area (Å²) in [4.78, 5) is 26.1. The standard InChI is InChI=1S/C23H25N5O/c1-17-6-5-7-18(2)22(17)26-23(29)19-14-20(16-24-15-19)27-10-12-28(13-11-27)21-8-3-4-9-25-21/h3-9,14-16H,10-13H2,1-2H3,(H,26,29). The Bertz CT molecular complexity index is 977. The molecule has 1 aromatic carbocycles. The molecular formula is C23H25N5O. The Kier molecular flexibility index (Phi) is 5.42. The Morgan fingerprint density at radius 1 is 0.931 bits per heavy atom. The van der Waals surface area contributed by atoms with Gasteiger partial charge in [0, 0.05) is 44.3 Å². The highest BCUT2D eigenvalue weighted by molar-refractivity contribution is 6.05. The molecule has 3 aromatic rings. The fourth-order valence-corrected chi connectivity index (χ4v) is 3.66. The number of aryl methyl sites for hydroxylation is 2. The third-order valence-electron chi connectivity index (χ3n) is 5.32. The number of anilines is 3. The van der Waals surface area contributed by atoms with Gasteiger partial charge in [-0.25, -0.2) is 4.98 Å². The van der Waals surface area contributed by atoms with Crippen molar-refractivity contribution in [1.29, 1.82) is 0 Å². The predicted octanol–water partition coefficient (Wildman–Crippen LogP) is 3.67. The first-order valence-electron chi connectivity index (χ1n) is 9.85. The second-order valence-corrected chi connectivity index (χ2v) is 7.31. The van der Waals surface area contributed by atoms with Crippen LogP contribution in [0, 0.1) is 13.8 Å². The number of hydrogen-bond donors (Lipinski definition) is 1. The van der Waals surface area contributed by atoms with Crippen molar-refractivity contribution in [2.45, 2.75) is 13.8 Å². The number of hydrogen-bond acceptors (Lipinski definition) is 5. The minimum atomic E-state index is -0.135. The highest BCUT2D eigenvalue weighted by Crippen LogP contribution is 2.22. The van der Waals surface area contributed by atoms with E-state index >= 15 is 0 Å². The number of carbonyl (C=O) groups is 1. The van der Waals surface area contributed by atoms with Crippen molar-refractivity contribution >= 4 is 23.1 Å². The number of amides is 1. The molecule has 29 heavy (non-hydrogen) atoms. The molecule has 2 aromatic heterocycles. The van der Waals surface area contributed by atoms with E-state index in [4.69, 9.17) is 0 Å². The maximum absolute atomic E-state index is 12.8. The Morgan fingerprint density at radius 2 is 1.66 bits per heavy atom. The molecule has 0 radical (unpaired) electrons. The molecule has 0 saturated carbocycles. The van der Waals surface area contributed by atoms with Gasteiger partial charge in [0.15, 0.2) is 0 Å². The Morgan fingerprint density at radius 3 is 2.34 bits per heavy atom. The van der Waals surface area contributed by atoms with Gasteiger partial charge >= 0.3 is 0 Å². The summed E-state index contributed by atoms with van der Waals surface area (Å²) in [6, 6.07) is 13.9. The Hall–Kier alpha value is -3.41. The van der Waals surface area contributed by atoms with Crippen molar-refractivity contribution in [3.05, 3.63) is 77.7 Å². The zero-order valence-corrected chi connectivity index (χ0v) is 16.8. The second-order valence-electron chi connectivity index (χ2n) is 7.31. The average molecular weight is 387 g/mol. The Labute approximate surface area is 171 Å². The van der Waals surface area contributed by atoms with Gasteiger partial charge in [0.25, 0.3) is 5.91 Å². The van der Waals surface area contributed by atoms with Crippen LogP contribution in [0.2, 0.25) is 0 Å². The highest BCUT2D eigenvalue weighted by Gasteiger charge is 2.19. The fraction of sp³-hybridized carbons (Fsp3) is 0.261. The molecule has 1 amide bonds. The highest BCUT2D eigenvalue weighted by atomic mass is 16.1. The van der Waals surface area contributed by atoms with E-state index in [0.29, 0.717) is 5.56 Å².